The van der Waals surface area contributed by atoms with Gasteiger partial charge in [0.25, 0.3) is 0 Å². The van der Waals surface area contributed by atoms with E-state index in [1.54, 1.807) is 0 Å². The quantitative estimate of drug-likeness (QED) is 0.358. The molecule has 1 aromatic rings. The smallest absolute Gasteiger partial charge is 0.311 e. The monoisotopic (exact) mass is 273 g/mol. The standard InChI is InChI=1S/C11H16ClN3O3/c1-8(2)7-18-6-5-13-11-9(15(16)17)3-4-10(12)14-11/h3-4,8H,5-7H2,1-2H3,(H,13,14). The van der Waals surface area contributed by atoms with Crippen molar-refractivity contribution in [2.45, 2.75) is 13.8 Å². The summed E-state index contributed by atoms with van der Waals surface area (Å²) in [5.74, 6) is 0.629. The lowest BCUT2D eigenvalue weighted by molar-refractivity contribution is -0.384. The Balaban J connectivity index is 2.50. The van der Waals surface area contributed by atoms with Crippen molar-refractivity contribution in [2.24, 2.45) is 5.92 Å². The number of nitrogens with one attached hydrogen (secondary N) is 1. The summed E-state index contributed by atoms with van der Waals surface area (Å²) in [7, 11) is 0. The molecule has 0 aromatic carbocycles. The molecule has 100 valence electrons. The molecular weight excluding hydrogens is 258 g/mol. The average molecular weight is 274 g/mol. The molecule has 18 heavy (non-hydrogen) atoms. The topological polar surface area (TPSA) is 77.3 Å². The molecule has 0 aliphatic rings. The molecule has 0 atom stereocenters. The van der Waals surface area contributed by atoms with Crippen LogP contribution in [0.5, 0.6) is 0 Å². The lowest BCUT2D eigenvalue weighted by Crippen LogP contribution is -2.13. The van der Waals surface area contributed by atoms with Crippen molar-refractivity contribution in [3.63, 3.8) is 0 Å². The second kappa shape index (κ2) is 7.13. The number of ether oxygens (including phenoxy) is 1. The Kier molecular flexibility index (Phi) is 5.80. The van der Waals surface area contributed by atoms with Gasteiger partial charge in [-0.15, -0.1) is 0 Å². The molecule has 1 N–H and O–H groups in total. The molecule has 0 bridgehead atoms. The van der Waals surface area contributed by atoms with Crippen LogP contribution in [0.3, 0.4) is 0 Å². The van der Waals surface area contributed by atoms with Crippen LogP contribution in [0.2, 0.25) is 5.15 Å². The van der Waals surface area contributed by atoms with Gasteiger partial charge in [0.1, 0.15) is 5.15 Å². The summed E-state index contributed by atoms with van der Waals surface area (Å²) in [4.78, 5) is 14.1. The summed E-state index contributed by atoms with van der Waals surface area (Å²) in [6, 6.07) is 2.72. The van der Waals surface area contributed by atoms with Gasteiger partial charge in [0, 0.05) is 19.2 Å². The van der Waals surface area contributed by atoms with Crippen LogP contribution in [0.15, 0.2) is 12.1 Å². The fraction of sp³-hybridized carbons (Fsp3) is 0.545. The zero-order valence-corrected chi connectivity index (χ0v) is 11.1. The molecule has 1 rings (SSSR count). The fourth-order valence-electron chi connectivity index (χ4n) is 1.27. The first-order chi connectivity index (χ1) is 8.50. The van der Waals surface area contributed by atoms with E-state index in [1.165, 1.54) is 12.1 Å². The Labute approximate surface area is 110 Å². The lowest BCUT2D eigenvalue weighted by Gasteiger charge is -2.08. The zero-order chi connectivity index (χ0) is 13.5. The predicted octanol–water partition coefficient (Wildman–Crippen LogP) is 2.73. The summed E-state index contributed by atoms with van der Waals surface area (Å²) in [6.07, 6.45) is 0. The van der Waals surface area contributed by atoms with Crippen LogP contribution >= 0.6 is 11.6 Å². The number of aromatic nitrogens is 1. The van der Waals surface area contributed by atoms with Gasteiger partial charge in [-0.05, 0) is 12.0 Å². The van der Waals surface area contributed by atoms with Gasteiger partial charge in [-0.3, -0.25) is 10.1 Å². The van der Waals surface area contributed by atoms with E-state index in [9.17, 15) is 10.1 Å². The van der Waals surface area contributed by atoms with Gasteiger partial charge in [-0.1, -0.05) is 25.4 Å². The maximum Gasteiger partial charge on any atom is 0.311 e. The molecule has 0 saturated heterocycles. The lowest BCUT2D eigenvalue weighted by atomic mass is 10.2. The van der Waals surface area contributed by atoms with Gasteiger partial charge in [0.05, 0.1) is 11.5 Å². The number of rotatable bonds is 7. The minimum Gasteiger partial charge on any atom is -0.379 e. The average Bonchev–Trinajstić information content (AvgIpc) is 2.27. The summed E-state index contributed by atoms with van der Waals surface area (Å²) in [6.45, 7) is 5.67. The third-order valence-corrected chi connectivity index (χ3v) is 2.24. The van der Waals surface area contributed by atoms with Crippen LogP contribution in [0, 0.1) is 16.0 Å². The molecule has 0 amide bonds. The van der Waals surface area contributed by atoms with Gasteiger partial charge in [0.15, 0.2) is 0 Å². The molecule has 6 nitrogen and oxygen atoms in total. The van der Waals surface area contributed by atoms with E-state index in [4.69, 9.17) is 16.3 Å². The van der Waals surface area contributed by atoms with Crippen LogP contribution in [0.4, 0.5) is 11.5 Å². The minimum atomic E-state index is -0.499. The SMILES string of the molecule is CC(C)COCCNc1nc(Cl)ccc1[N+](=O)[O-]. The highest BCUT2D eigenvalue weighted by Crippen LogP contribution is 2.23. The first-order valence-electron chi connectivity index (χ1n) is 5.63. The summed E-state index contributed by atoms with van der Waals surface area (Å²) < 4.78 is 5.35. The van der Waals surface area contributed by atoms with Gasteiger partial charge in [-0.25, -0.2) is 4.98 Å². The minimum absolute atomic E-state index is 0.0942. The molecule has 0 fully saturated rings. The molecule has 0 saturated carbocycles. The molecule has 0 unspecified atom stereocenters. The third kappa shape index (κ3) is 4.85. The van der Waals surface area contributed by atoms with E-state index in [1.807, 2.05) is 0 Å². The second-order valence-corrected chi connectivity index (χ2v) is 4.54. The Hall–Kier alpha value is -1.40. The van der Waals surface area contributed by atoms with E-state index < -0.39 is 4.92 Å². The Bertz CT molecular complexity index is 413. The van der Waals surface area contributed by atoms with Crippen molar-refractivity contribution in [1.29, 1.82) is 0 Å². The Morgan fingerprint density at radius 3 is 2.89 bits per heavy atom. The van der Waals surface area contributed by atoms with E-state index >= 15 is 0 Å². The van der Waals surface area contributed by atoms with Crippen LogP contribution in [-0.2, 0) is 4.74 Å². The van der Waals surface area contributed by atoms with Crippen LogP contribution in [0.25, 0.3) is 0 Å². The largest absolute Gasteiger partial charge is 0.379 e. The highest BCUT2D eigenvalue weighted by Gasteiger charge is 2.14. The van der Waals surface area contributed by atoms with E-state index in [2.05, 4.69) is 24.1 Å². The van der Waals surface area contributed by atoms with Crippen molar-refractivity contribution in [3.8, 4) is 0 Å². The second-order valence-electron chi connectivity index (χ2n) is 4.15. The number of pyridine rings is 1. The molecule has 0 aliphatic carbocycles. The van der Waals surface area contributed by atoms with Crippen molar-refractivity contribution in [3.05, 3.63) is 27.4 Å². The number of halogens is 1. The number of nitro groups is 1. The van der Waals surface area contributed by atoms with Gasteiger partial charge < -0.3 is 10.1 Å². The van der Waals surface area contributed by atoms with E-state index in [-0.39, 0.29) is 16.7 Å². The molecule has 0 radical (unpaired) electrons. The maximum atomic E-state index is 10.8. The highest BCUT2D eigenvalue weighted by atomic mass is 35.5. The number of anilines is 1. The molecule has 1 aromatic heterocycles. The van der Waals surface area contributed by atoms with Crippen molar-refractivity contribution >= 4 is 23.1 Å². The first-order valence-corrected chi connectivity index (χ1v) is 6.01. The summed E-state index contributed by atoms with van der Waals surface area (Å²) >= 11 is 5.70. The van der Waals surface area contributed by atoms with Crippen molar-refractivity contribution < 1.29 is 9.66 Å². The van der Waals surface area contributed by atoms with Gasteiger partial charge >= 0.3 is 5.69 Å². The van der Waals surface area contributed by atoms with E-state index in [0.29, 0.717) is 25.7 Å². The Morgan fingerprint density at radius 2 is 2.28 bits per heavy atom. The molecule has 0 spiro atoms. The third-order valence-electron chi connectivity index (χ3n) is 2.03. The van der Waals surface area contributed by atoms with Crippen LogP contribution in [-0.4, -0.2) is 29.7 Å². The number of hydrogen-bond donors (Lipinski definition) is 1. The van der Waals surface area contributed by atoms with E-state index in [0.717, 1.165) is 0 Å². The first kappa shape index (κ1) is 14.7. The predicted molar refractivity (Wildman–Crippen MR) is 70.0 cm³/mol. The zero-order valence-electron chi connectivity index (χ0n) is 10.4. The molecule has 0 aliphatic heterocycles. The molecular formula is C11H16ClN3O3. The van der Waals surface area contributed by atoms with Crippen molar-refractivity contribution in [1.82, 2.24) is 4.98 Å². The highest BCUT2D eigenvalue weighted by molar-refractivity contribution is 6.29. The molecule has 7 heteroatoms. The molecule has 1 heterocycles. The summed E-state index contributed by atoms with van der Waals surface area (Å²) in [5.41, 5.74) is -0.0942. The van der Waals surface area contributed by atoms with Gasteiger partial charge in [0.2, 0.25) is 5.82 Å². The van der Waals surface area contributed by atoms with Crippen LogP contribution < -0.4 is 5.32 Å². The Morgan fingerprint density at radius 1 is 1.56 bits per heavy atom. The normalized spacial score (nSPS) is 10.7. The fourth-order valence-corrected chi connectivity index (χ4v) is 1.41. The van der Waals surface area contributed by atoms with Crippen LogP contribution in [0.1, 0.15) is 13.8 Å². The summed E-state index contributed by atoms with van der Waals surface area (Å²) in [5, 5.41) is 13.8. The maximum absolute atomic E-state index is 10.8. The van der Waals surface area contributed by atoms with Gasteiger partial charge in [-0.2, -0.15) is 0 Å². The number of nitrogens with zero attached hydrogens (tertiary/aromatic N) is 2. The number of hydrogen-bond acceptors (Lipinski definition) is 5. The van der Waals surface area contributed by atoms with Crippen molar-refractivity contribution in [2.75, 3.05) is 25.1 Å².